The van der Waals surface area contributed by atoms with E-state index in [1.807, 2.05) is 0 Å². The number of methoxy groups -OCH3 is 1. The summed E-state index contributed by atoms with van der Waals surface area (Å²) < 4.78 is 7.50. The molecule has 1 heterocycles. The minimum atomic E-state index is -2.17. The van der Waals surface area contributed by atoms with Crippen molar-refractivity contribution < 1.29 is 28.5 Å². The lowest BCUT2D eigenvalue weighted by Gasteiger charge is -2.27. The number of rotatable bonds is 2. The summed E-state index contributed by atoms with van der Waals surface area (Å²) in [6.45, 7) is 0. The Hall–Kier alpha value is -2.25. The number of imide groups is 3. The molecule has 0 radical (unpaired) electrons. The zero-order valence-corrected chi connectivity index (χ0v) is 10.1. The highest BCUT2D eigenvalue weighted by atomic mass is 16.7. The number of ether oxygens (including phenoxy) is 2. The van der Waals surface area contributed by atoms with Crippen LogP contribution in [0.25, 0.3) is 0 Å². The van der Waals surface area contributed by atoms with Gasteiger partial charge in [0.2, 0.25) is 0 Å². The van der Waals surface area contributed by atoms with Crippen LogP contribution in [0.5, 0.6) is 11.5 Å². The van der Waals surface area contributed by atoms with Crippen molar-refractivity contribution in [2.45, 2.75) is 12.8 Å². The zero-order valence-electron chi connectivity index (χ0n) is 10.1. The number of carbonyl (C=O) groups excluding carboxylic acids is 3. The summed E-state index contributed by atoms with van der Waals surface area (Å²) in [5.41, 5.74) is 0. The Morgan fingerprint density at radius 1 is 1.11 bits per heavy atom. The van der Waals surface area contributed by atoms with Gasteiger partial charge in [0.25, 0.3) is 0 Å². The Balaban J connectivity index is 2.16. The molecular weight excluding hydrogens is 254 g/mol. The van der Waals surface area contributed by atoms with E-state index in [0.29, 0.717) is 5.75 Å². The maximum Gasteiger partial charge on any atom is 0.536 e. The molecule has 0 aromatic heterocycles. The molecule has 0 spiro atoms. The fourth-order valence-corrected chi connectivity index (χ4v) is 1.68. The van der Waals surface area contributed by atoms with Crippen LogP contribution in [0.15, 0.2) is 24.3 Å². The van der Waals surface area contributed by atoms with Gasteiger partial charge in [-0.05, 0) is 24.3 Å². The van der Waals surface area contributed by atoms with Crippen LogP contribution in [0, 0.1) is 5.21 Å². The molecule has 0 atom stereocenters. The first-order valence-electron chi connectivity index (χ1n) is 5.51. The van der Waals surface area contributed by atoms with E-state index < -0.39 is 22.6 Å². The number of carbonyl (C=O) groups is 3. The summed E-state index contributed by atoms with van der Waals surface area (Å²) in [6.07, 6.45) is -1.90. The molecular formula is C12H11NO6. The van der Waals surface area contributed by atoms with Crippen LogP contribution >= 0.6 is 0 Å². The van der Waals surface area contributed by atoms with Crippen molar-refractivity contribution in [3.63, 3.8) is 0 Å². The Labute approximate surface area is 108 Å². The van der Waals surface area contributed by atoms with Crippen molar-refractivity contribution in [3.05, 3.63) is 29.5 Å². The Morgan fingerprint density at radius 3 is 2.05 bits per heavy atom. The third-order valence-electron chi connectivity index (χ3n) is 2.78. The average Bonchev–Trinajstić information content (AvgIpc) is 2.68. The number of hydroxylamine groups is 3. The lowest BCUT2D eigenvalue weighted by Crippen LogP contribution is -2.53. The average molecular weight is 265 g/mol. The summed E-state index contributed by atoms with van der Waals surface area (Å²) in [5.74, 6) is -1.39. The highest BCUT2D eigenvalue weighted by Gasteiger charge is 2.51. The maximum atomic E-state index is 11.9. The van der Waals surface area contributed by atoms with Crippen LogP contribution in [0.2, 0.25) is 0 Å². The van der Waals surface area contributed by atoms with Crippen LogP contribution in [0.3, 0.4) is 0 Å². The van der Waals surface area contributed by atoms with Crippen molar-refractivity contribution in [2.75, 3.05) is 7.11 Å². The van der Waals surface area contributed by atoms with Gasteiger partial charge >= 0.3 is 17.9 Å². The van der Waals surface area contributed by atoms with Gasteiger partial charge in [-0.15, -0.1) is 4.65 Å². The molecule has 1 aromatic carbocycles. The molecule has 1 aliphatic rings. The molecule has 1 fully saturated rings. The second kappa shape index (κ2) is 4.79. The van der Waals surface area contributed by atoms with E-state index in [2.05, 4.69) is 0 Å². The van der Waals surface area contributed by atoms with Gasteiger partial charge in [-0.2, -0.15) is 4.79 Å². The quantitative estimate of drug-likeness (QED) is 0.455. The molecule has 3 amide bonds. The van der Waals surface area contributed by atoms with Gasteiger partial charge in [0, 0.05) is 0 Å². The van der Waals surface area contributed by atoms with Crippen LogP contribution in [0.4, 0.5) is 4.79 Å². The summed E-state index contributed by atoms with van der Waals surface area (Å²) in [7, 11) is 1.47. The maximum absolute atomic E-state index is 11.9. The molecule has 0 saturated carbocycles. The van der Waals surface area contributed by atoms with Crippen molar-refractivity contribution in [3.8, 4) is 11.5 Å². The molecule has 7 heteroatoms. The van der Waals surface area contributed by atoms with E-state index >= 15 is 0 Å². The van der Waals surface area contributed by atoms with E-state index in [1.165, 1.54) is 31.4 Å². The number of likely N-dealkylation sites (tertiary alicyclic amines) is 1. The van der Waals surface area contributed by atoms with E-state index in [1.54, 1.807) is 0 Å². The van der Waals surface area contributed by atoms with Gasteiger partial charge in [0.05, 0.1) is 20.0 Å². The summed E-state index contributed by atoms with van der Waals surface area (Å²) in [5, 5.41) is 11.9. The fraction of sp³-hybridized carbons (Fsp3) is 0.250. The monoisotopic (exact) mass is 265 g/mol. The molecule has 1 aliphatic heterocycles. The third kappa shape index (κ3) is 2.20. The highest BCUT2D eigenvalue weighted by Crippen LogP contribution is 2.25. The van der Waals surface area contributed by atoms with E-state index in [0.717, 1.165) is 0 Å². The van der Waals surface area contributed by atoms with Gasteiger partial charge in [0.1, 0.15) is 11.5 Å². The zero-order chi connectivity index (χ0) is 14.0. The molecule has 1 saturated heterocycles. The molecule has 1 aromatic rings. The highest BCUT2D eigenvalue weighted by molar-refractivity contribution is 6.01. The second-order valence-corrected chi connectivity index (χ2v) is 3.94. The number of quaternary nitrogens is 1. The smallest absolute Gasteiger partial charge is 0.536 e. The molecule has 19 heavy (non-hydrogen) atoms. The van der Waals surface area contributed by atoms with Crippen molar-refractivity contribution >= 4 is 17.9 Å². The van der Waals surface area contributed by atoms with E-state index in [9.17, 15) is 19.6 Å². The van der Waals surface area contributed by atoms with E-state index in [4.69, 9.17) is 9.47 Å². The predicted octanol–water partition coefficient (Wildman–Crippen LogP) is 1.36. The molecule has 100 valence electrons. The molecule has 7 nitrogen and oxygen atoms in total. The van der Waals surface area contributed by atoms with Crippen molar-refractivity contribution in [1.82, 2.24) is 0 Å². The predicted molar refractivity (Wildman–Crippen MR) is 61.9 cm³/mol. The minimum absolute atomic E-state index is 0.0617. The molecule has 0 aliphatic carbocycles. The van der Waals surface area contributed by atoms with Crippen molar-refractivity contribution in [2.24, 2.45) is 0 Å². The number of hydrogen-bond acceptors (Lipinski definition) is 6. The van der Waals surface area contributed by atoms with Crippen LogP contribution < -0.4 is 9.47 Å². The van der Waals surface area contributed by atoms with Crippen molar-refractivity contribution in [1.29, 1.82) is 0 Å². The lowest BCUT2D eigenvalue weighted by molar-refractivity contribution is -0.641. The summed E-state index contributed by atoms with van der Waals surface area (Å²) >= 11 is 0. The van der Waals surface area contributed by atoms with Crippen LogP contribution in [-0.4, -0.2) is 29.7 Å². The first-order chi connectivity index (χ1) is 8.98. The van der Waals surface area contributed by atoms with Crippen LogP contribution in [-0.2, 0) is 9.59 Å². The molecule has 2 rings (SSSR count). The molecule has 0 bridgehead atoms. The number of nitrogens with zero attached hydrogens (tertiary/aromatic N) is 1. The van der Waals surface area contributed by atoms with Crippen LogP contribution in [0.1, 0.15) is 12.8 Å². The number of hydrogen-bond donors (Lipinski definition) is 0. The normalized spacial score (nSPS) is 17.4. The summed E-state index contributed by atoms with van der Waals surface area (Å²) in [6, 6.07) is 5.83. The van der Waals surface area contributed by atoms with Gasteiger partial charge in [-0.25, -0.2) is 9.59 Å². The Kier molecular flexibility index (Phi) is 3.32. The van der Waals surface area contributed by atoms with Gasteiger partial charge in [0.15, 0.2) is 0 Å². The summed E-state index contributed by atoms with van der Waals surface area (Å²) in [4.78, 5) is 34.4. The first-order valence-corrected chi connectivity index (χ1v) is 5.51. The van der Waals surface area contributed by atoms with Gasteiger partial charge in [-0.1, -0.05) is 0 Å². The third-order valence-corrected chi connectivity index (χ3v) is 2.78. The lowest BCUT2D eigenvalue weighted by atomic mass is 10.3. The number of benzene rings is 1. The standard InChI is InChI=1S/C12H11NO6/c1-18-8-2-4-9(5-3-8)19-12(16)13(17)10(14)6-7-11(13)15/h2-5H,6-7H2,1H3. The fourth-order valence-electron chi connectivity index (χ4n) is 1.68. The number of amides is 3. The molecule has 0 unspecified atom stereocenters. The minimum Gasteiger partial charge on any atom is -0.607 e. The Morgan fingerprint density at radius 2 is 1.58 bits per heavy atom. The topological polar surface area (TPSA) is 92.7 Å². The first kappa shape index (κ1) is 13.2. The van der Waals surface area contributed by atoms with E-state index in [-0.39, 0.29) is 18.6 Å². The molecule has 0 N–H and O–H groups in total. The van der Waals surface area contributed by atoms with Gasteiger partial charge < -0.3 is 14.7 Å². The second-order valence-electron chi connectivity index (χ2n) is 3.94. The Bertz CT molecular complexity index is 520. The SMILES string of the molecule is COc1ccc(OC(=O)[N+]2([O-])C(=O)CCC2=O)cc1. The van der Waals surface area contributed by atoms with Gasteiger partial charge in [-0.3, -0.25) is 0 Å². The largest absolute Gasteiger partial charge is 0.607 e.